The number of benzene rings is 1. The molecule has 0 aliphatic carbocycles. The molecule has 1 aromatic carbocycles. The molecular weight excluding hydrogens is 326 g/mol. The summed E-state index contributed by atoms with van der Waals surface area (Å²) >= 11 is 0. The van der Waals surface area contributed by atoms with Gasteiger partial charge >= 0.3 is 0 Å². The molecule has 0 saturated carbocycles. The highest BCUT2D eigenvalue weighted by atomic mass is 19.2. The first kappa shape index (κ1) is 18.5. The molecule has 0 amide bonds. The van der Waals surface area contributed by atoms with Crippen LogP contribution in [0.4, 0.5) is 8.78 Å². The summed E-state index contributed by atoms with van der Waals surface area (Å²) in [7, 11) is 1.35. The van der Waals surface area contributed by atoms with Crippen LogP contribution >= 0.6 is 0 Å². The topological polar surface area (TPSA) is 24.9 Å². The van der Waals surface area contributed by atoms with Crippen molar-refractivity contribution in [3.05, 3.63) is 29.3 Å². The van der Waals surface area contributed by atoms with Gasteiger partial charge in [0.2, 0.25) is 5.82 Å². The first-order valence-corrected chi connectivity index (χ1v) is 9.15. The van der Waals surface area contributed by atoms with E-state index in [4.69, 9.17) is 9.47 Å². The minimum atomic E-state index is -0.893. The minimum absolute atomic E-state index is 0.0423. The van der Waals surface area contributed by atoms with Crippen molar-refractivity contribution in [2.24, 2.45) is 5.92 Å². The van der Waals surface area contributed by atoms with Crippen molar-refractivity contribution in [1.82, 2.24) is 9.80 Å². The Morgan fingerprint density at radius 3 is 2.44 bits per heavy atom. The molecule has 0 unspecified atom stereocenters. The molecule has 25 heavy (non-hydrogen) atoms. The summed E-state index contributed by atoms with van der Waals surface area (Å²) in [5.41, 5.74) is 0.401. The molecule has 2 aliphatic rings. The van der Waals surface area contributed by atoms with Gasteiger partial charge in [-0.25, -0.2) is 4.39 Å². The Bertz CT molecular complexity index is 571. The molecule has 0 aromatic heterocycles. The van der Waals surface area contributed by atoms with E-state index < -0.39 is 11.6 Å². The zero-order valence-electron chi connectivity index (χ0n) is 15.1. The third-order valence-electron chi connectivity index (χ3n) is 5.68. The molecular formula is C19H28F2N2O2. The summed E-state index contributed by atoms with van der Waals surface area (Å²) in [6, 6.07) is 3.68. The molecule has 1 atom stereocenters. The summed E-state index contributed by atoms with van der Waals surface area (Å²) in [5.74, 6) is -1.06. The number of nitrogens with zero attached hydrogens (tertiary/aromatic N) is 2. The van der Waals surface area contributed by atoms with E-state index in [2.05, 4.69) is 16.7 Å². The number of morpholine rings is 1. The lowest BCUT2D eigenvalue weighted by Crippen LogP contribution is -2.48. The van der Waals surface area contributed by atoms with Crippen LogP contribution in [0.5, 0.6) is 5.75 Å². The smallest absolute Gasteiger partial charge is 0.200 e. The number of hydrogen-bond acceptors (Lipinski definition) is 4. The van der Waals surface area contributed by atoms with Gasteiger partial charge < -0.3 is 9.47 Å². The van der Waals surface area contributed by atoms with Crippen molar-refractivity contribution < 1.29 is 18.3 Å². The molecule has 2 saturated heterocycles. The fraction of sp³-hybridized carbons (Fsp3) is 0.684. The number of ether oxygens (including phenoxy) is 2. The standard InChI is InChI=1S/C19H28F2N2O2/c1-14(23-9-11-25-12-10-23)15-5-7-22(8-6-15)13-16-3-4-17(24-2)19(21)18(16)20/h3-4,14-15H,5-13H2,1-2H3/t14-/m0/s1. The molecule has 3 rings (SSSR count). The zero-order chi connectivity index (χ0) is 17.8. The Labute approximate surface area is 148 Å². The summed E-state index contributed by atoms with van der Waals surface area (Å²) in [6.45, 7) is 8.28. The van der Waals surface area contributed by atoms with Gasteiger partial charge in [-0.1, -0.05) is 6.07 Å². The maximum atomic E-state index is 14.2. The SMILES string of the molecule is COc1ccc(CN2CCC([C@H](C)N3CCOCC3)CC2)c(F)c1F. The van der Waals surface area contributed by atoms with E-state index in [0.29, 0.717) is 24.1 Å². The van der Waals surface area contributed by atoms with Crippen molar-refractivity contribution in [3.63, 3.8) is 0 Å². The first-order valence-electron chi connectivity index (χ1n) is 9.15. The van der Waals surface area contributed by atoms with Gasteiger partial charge in [-0.3, -0.25) is 9.80 Å². The van der Waals surface area contributed by atoms with Crippen LogP contribution in [-0.4, -0.2) is 62.3 Å². The van der Waals surface area contributed by atoms with E-state index >= 15 is 0 Å². The summed E-state index contributed by atoms with van der Waals surface area (Å²) in [5, 5.41) is 0. The minimum Gasteiger partial charge on any atom is -0.494 e. The van der Waals surface area contributed by atoms with Crippen molar-refractivity contribution in [2.75, 3.05) is 46.5 Å². The number of methoxy groups -OCH3 is 1. The van der Waals surface area contributed by atoms with Gasteiger partial charge in [0.15, 0.2) is 11.6 Å². The van der Waals surface area contributed by atoms with Gasteiger partial charge in [-0.15, -0.1) is 0 Å². The van der Waals surface area contributed by atoms with Crippen LogP contribution in [0.3, 0.4) is 0 Å². The third kappa shape index (κ3) is 4.30. The third-order valence-corrected chi connectivity index (χ3v) is 5.68. The molecule has 140 valence electrons. The maximum absolute atomic E-state index is 14.2. The van der Waals surface area contributed by atoms with Gasteiger partial charge in [-0.2, -0.15) is 4.39 Å². The number of hydrogen-bond donors (Lipinski definition) is 0. The number of likely N-dealkylation sites (tertiary alicyclic amines) is 1. The fourth-order valence-corrected chi connectivity index (χ4v) is 3.97. The Morgan fingerprint density at radius 1 is 1.12 bits per heavy atom. The van der Waals surface area contributed by atoms with Crippen LogP contribution in [0.15, 0.2) is 12.1 Å². The van der Waals surface area contributed by atoms with Crippen LogP contribution in [0.1, 0.15) is 25.3 Å². The molecule has 0 bridgehead atoms. The lowest BCUT2D eigenvalue weighted by Gasteiger charge is -2.41. The molecule has 2 aliphatic heterocycles. The normalized spacial score (nSPS) is 22.1. The van der Waals surface area contributed by atoms with Crippen molar-refractivity contribution in [1.29, 1.82) is 0 Å². The van der Waals surface area contributed by atoms with Crippen molar-refractivity contribution in [2.45, 2.75) is 32.4 Å². The summed E-state index contributed by atoms with van der Waals surface area (Å²) in [4.78, 5) is 4.73. The van der Waals surface area contributed by atoms with Gasteiger partial charge in [0.1, 0.15) is 0 Å². The van der Waals surface area contributed by atoms with Crippen LogP contribution in [0.2, 0.25) is 0 Å². The molecule has 2 heterocycles. The number of halogens is 2. The Balaban J connectivity index is 1.53. The quantitative estimate of drug-likeness (QED) is 0.812. The highest BCUT2D eigenvalue weighted by Crippen LogP contribution is 2.27. The Morgan fingerprint density at radius 2 is 1.80 bits per heavy atom. The summed E-state index contributed by atoms with van der Waals surface area (Å²) < 4.78 is 38.3. The molecule has 1 aromatic rings. The molecule has 0 spiro atoms. The van der Waals surface area contributed by atoms with Crippen LogP contribution in [0.25, 0.3) is 0 Å². The second-order valence-corrected chi connectivity index (χ2v) is 7.06. The summed E-state index contributed by atoms with van der Waals surface area (Å²) in [6.07, 6.45) is 2.19. The molecule has 4 nitrogen and oxygen atoms in total. The van der Waals surface area contributed by atoms with Gasteiger partial charge in [0, 0.05) is 31.2 Å². The molecule has 6 heteroatoms. The van der Waals surface area contributed by atoms with E-state index in [1.807, 2.05) is 0 Å². The van der Waals surface area contributed by atoms with Gasteiger partial charge in [0.25, 0.3) is 0 Å². The van der Waals surface area contributed by atoms with E-state index in [1.54, 1.807) is 6.07 Å². The van der Waals surface area contributed by atoms with Gasteiger partial charge in [-0.05, 0) is 44.8 Å². The number of piperidine rings is 1. The van der Waals surface area contributed by atoms with E-state index in [1.165, 1.54) is 13.2 Å². The van der Waals surface area contributed by atoms with E-state index in [-0.39, 0.29) is 5.75 Å². The Kier molecular flexibility index (Phi) is 6.25. The second-order valence-electron chi connectivity index (χ2n) is 7.06. The van der Waals surface area contributed by atoms with Crippen LogP contribution in [-0.2, 0) is 11.3 Å². The van der Waals surface area contributed by atoms with Crippen LogP contribution < -0.4 is 4.74 Å². The first-order chi connectivity index (χ1) is 12.1. The highest BCUT2D eigenvalue weighted by Gasteiger charge is 2.29. The Hall–Kier alpha value is -1.24. The lowest BCUT2D eigenvalue weighted by atomic mass is 9.89. The fourth-order valence-electron chi connectivity index (χ4n) is 3.97. The predicted octanol–water partition coefficient (Wildman–Crippen LogP) is 2.91. The molecule has 2 fully saturated rings. The zero-order valence-corrected chi connectivity index (χ0v) is 15.1. The van der Waals surface area contributed by atoms with Gasteiger partial charge in [0.05, 0.1) is 20.3 Å². The van der Waals surface area contributed by atoms with Crippen molar-refractivity contribution >= 4 is 0 Å². The van der Waals surface area contributed by atoms with E-state index in [9.17, 15) is 8.78 Å². The highest BCUT2D eigenvalue weighted by molar-refractivity contribution is 5.31. The maximum Gasteiger partial charge on any atom is 0.200 e. The average Bonchev–Trinajstić information content (AvgIpc) is 2.66. The largest absolute Gasteiger partial charge is 0.494 e. The van der Waals surface area contributed by atoms with Crippen LogP contribution in [0, 0.1) is 17.6 Å². The van der Waals surface area contributed by atoms with E-state index in [0.717, 1.165) is 52.2 Å². The predicted molar refractivity (Wildman–Crippen MR) is 92.8 cm³/mol. The molecule has 0 N–H and O–H groups in total. The number of rotatable bonds is 5. The van der Waals surface area contributed by atoms with Crippen molar-refractivity contribution in [3.8, 4) is 5.75 Å². The molecule has 0 radical (unpaired) electrons. The monoisotopic (exact) mass is 354 g/mol. The second kappa shape index (κ2) is 8.43. The lowest BCUT2D eigenvalue weighted by molar-refractivity contribution is -0.00197. The average molecular weight is 354 g/mol.